The van der Waals surface area contributed by atoms with Crippen LogP contribution in [0.3, 0.4) is 0 Å². The van der Waals surface area contributed by atoms with Gasteiger partial charge in [-0.15, -0.1) is 13.2 Å². The summed E-state index contributed by atoms with van der Waals surface area (Å²) < 4.78 is 82.1. The van der Waals surface area contributed by atoms with Crippen LogP contribution in [0.25, 0.3) is 0 Å². The number of nitrogens with zero attached hydrogens (tertiary/aromatic N) is 1. The van der Waals surface area contributed by atoms with E-state index in [4.69, 9.17) is 11.6 Å². The highest BCUT2D eigenvalue weighted by molar-refractivity contribution is 6.34. The molecule has 0 atom stereocenters. The number of pyridine rings is 1. The van der Waals surface area contributed by atoms with E-state index in [2.05, 4.69) is 14.5 Å². The van der Waals surface area contributed by atoms with Crippen molar-refractivity contribution in [3.05, 3.63) is 22.3 Å². The zero-order chi connectivity index (χ0) is 16.4. The summed E-state index contributed by atoms with van der Waals surface area (Å²) in [6.45, 7) is 1.21. The van der Waals surface area contributed by atoms with E-state index in [9.17, 15) is 31.1 Å². The highest BCUT2D eigenvalue weighted by Crippen LogP contribution is 2.42. The first-order chi connectivity index (χ1) is 9.47. The number of rotatable bonds is 3. The number of carbonyl (C=O) groups excluding carboxylic acids is 1. The minimum atomic E-state index is -5.40. The summed E-state index contributed by atoms with van der Waals surface area (Å²) in [4.78, 5) is 14.2. The molecule has 4 nitrogen and oxygen atoms in total. The molecule has 0 unspecified atom stereocenters. The maximum Gasteiger partial charge on any atom is 0.574 e. The summed E-state index contributed by atoms with van der Waals surface area (Å²) in [5.74, 6) is -3.05. The fourth-order valence-corrected chi connectivity index (χ4v) is 1.57. The Hall–Kier alpha value is -1.71. The SMILES string of the molecule is CCOC(=O)c1cnc(OC(F)(F)F)c(C(F)(F)F)c1Cl. The van der Waals surface area contributed by atoms with Crippen LogP contribution < -0.4 is 4.74 Å². The lowest BCUT2D eigenvalue weighted by atomic mass is 10.2. The number of hydrogen-bond donors (Lipinski definition) is 0. The van der Waals surface area contributed by atoms with Gasteiger partial charge in [-0.05, 0) is 6.92 Å². The molecular formula is C10H6ClF6NO3. The Balaban J connectivity index is 3.43. The van der Waals surface area contributed by atoms with Gasteiger partial charge in [0.2, 0.25) is 5.88 Å². The first kappa shape index (κ1) is 17.3. The second-order valence-electron chi connectivity index (χ2n) is 3.43. The number of halogens is 7. The summed E-state index contributed by atoms with van der Waals surface area (Å²) in [5.41, 5.74) is -2.83. The monoisotopic (exact) mass is 337 g/mol. The van der Waals surface area contributed by atoms with E-state index in [1.165, 1.54) is 6.92 Å². The smallest absolute Gasteiger partial charge is 0.462 e. The van der Waals surface area contributed by atoms with Crippen LogP contribution in [-0.4, -0.2) is 23.9 Å². The molecule has 21 heavy (non-hydrogen) atoms. The van der Waals surface area contributed by atoms with Crippen LogP contribution in [-0.2, 0) is 10.9 Å². The molecule has 0 aromatic carbocycles. The van der Waals surface area contributed by atoms with Crippen LogP contribution in [0.15, 0.2) is 6.20 Å². The van der Waals surface area contributed by atoms with Crippen LogP contribution in [0, 0.1) is 0 Å². The maximum absolute atomic E-state index is 12.8. The molecule has 0 aliphatic heterocycles. The second kappa shape index (κ2) is 5.96. The number of alkyl halides is 6. The van der Waals surface area contributed by atoms with Crippen molar-refractivity contribution in [1.29, 1.82) is 0 Å². The van der Waals surface area contributed by atoms with E-state index < -0.39 is 40.5 Å². The molecular weight excluding hydrogens is 332 g/mol. The molecule has 0 N–H and O–H groups in total. The Kier molecular flexibility index (Phi) is 4.92. The molecule has 1 heterocycles. The molecule has 0 saturated heterocycles. The minimum absolute atomic E-state index is 0.169. The second-order valence-corrected chi connectivity index (χ2v) is 3.81. The van der Waals surface area contributed by atoms with Gasteiger partial charge in [0.25, 0.3) is 0 Å². The van der Waals surface area contributed by atoms with Crippen molar-refractivity contribution < 1.29 is 40.6 Å². The van der Waals surface area contributed by atoms with Gasteiger partial charge < -0.3 is 9.47 Å². The first-order valence-corrected chi connectivity index (χ1v) is 5.53. The van der Waals surface area contributed by atoms with Gasteiger partial charge in [-0.25, -0.2) is 9.78 Å². The molecule has 0 aliphatic carbocycles. The van der Waals surface area contributed by atoms with Crippen molar-refractivity contribution in [1.82, 2.24) is 4.98 Å². The Morgan fingerprint density at radius 1 is 1.29 bits per heavy atom. The van der Waals surface area contributed by atoms with Crippen LogP contribution in [0.1, 0.15) is 22.8 Å². The van der Waals surface area contributed by atoms with E-state index in [0.717, 1.165) is 0 Å². The number of aromatic nitrogens is 1. The normalized spacial score (nSPS) is 12.2. The topological polar surface area (TPSA) is 48.4 Å². The first-order valence-electron chi connectivity index (χ1n) is 5.16. The van der Waals surface area contributed by atoms with Gasteiger partial charge in [0.1, 0.15) is 5.56 Å². The number of carbonyl (C=O) groups is 1. The lowest BCUT2D eigenvalue weighted by molar-refractivity contribution is -0.277. The van der Waals surface area contributed by atoms with Crippen molar-refractivity contribution >= 4 is 17.6 Å². The molecule has 1 rings (SSSR count). The highest BCUT2D eigenvalue weighted by atomic mass is 35.5. The summed E-state index contributed by atoms with van der Waals surface area (Å²) in [7, 11) is 0. The van der Waals surface area contributed by atoms with Crippen LogP contribution in [0.5, 0.6) is 5.88 Å². The van der Waals surface area contributed by atoms with E-state index in [1.807, 2.05) is 0 Å². The van der Waals surface area contributed by atoms with Crippen molar-refractivity contribution in [3.8, 4) is 5.88 Å². The van der Waals surface area contributed by atoms with Crippen LogP contribution >= 0.6 is 11.6 Å². The average molecular weight is 338 g/mol. The highest BCUT2D eigenvalue weighted by Gasteiger charge is 2.43. The summed E-state index contributed by atoms with van der Waals surface area (Å²) in [6, 6.07) is 0. The van der Waals surface area contributed by atoms with E-state index in [-0.39, 0.29) is 6.61 Å². The molecule has 0 fully saturated rings. The molecule has 1 aromatic heterocycles. The average Bonchev–Trinajstić information content (AvgIpc) is 2.24. The van der Waals surface area contributed by atoms with Crippen LogP contribution in [0.4, 0.5) is 26.3 Å². The van der Waals surface area contributed by atoms with Crippen molar-refractivity contribution in [2.24, 2.45) is 0 Å². The van der Waals surface area contributed by atoms with E-state index in [1.54, 1.807) is 0 Å². The van der Waals surface area contributed by atoms with Gasteiger partial charge >= 0.3 is 18.5 Å². The van der Waals surface area contributed by atoms with Gasteiger partial charge in [-0.1, -0.05) is 11.6 Å². The van der Waals surface area contributed by atoms with Gasteiger partial charge in [-0.3, -0.25) is 0 Å². The summed E-state index contributed by atoms with van der Waals surface area (Å²) >= 11 is 5.35. The molecule has 11 heteroatoms. The quantitative estimate of drug-likeness (QED) is 0.621. The van der Waals surface area contributed by atoms with Gasteiger partial charge in [0.15, 0.2) is 0 Å². The number of ether oxygens (including phenoxy) is 2. The molecule has 0 spiro atoms. The molecule has 118 valence electrons. The Morgan fingerprint density at radius 2 is 1.86 bits per heavy atom. The lowest BCUT2D eigenvalue weighted by Crippen LogP contribution is -2.22. The van der Waals surface area contributed by atoms with E-state index in [0.29, 0.717) is 6.20 Å². The van der Waals surface area contributed by atoms with Gasteiger partial charge in [0, 0.05) is 6.20 Å². The molecule has 0 saturated carbocycles. The zero-order valence-electron chi connectivity index (χ0n) is 10.1. The Labute approximate surface area is 118 Å². The van der Waals surface area contributed by atoms with E-state index >= 15 is 0 Å². The molecule has 0 radical (unpaired) electrons. The summed E-state index contributed by atoms with van der Waals surface area (Å²) in [5, 5.41) is -1.28. The van der Waals surface area contributed by atoms with Crippen molar-refractivity contribution in [3.63, 3.8) is 0 Å². The van der Waals surface area contributed by atoms with Gasteiger partial charge in [-0.2, -0.15) is 13.2 Å². The third kappa shape index (κ3) is 4.38. The van der Waals surface area contributed by atoms with Crippen molar-refractivity contribution in [2.45, 2.75) is 19.5 Å². The molecule has 0 amide bonds. The lowest BCUT2D eigenvalue weighted by Gasteiger charge is -2.16. The maximum atomic E-state index is 12.8. The standard InChI is InChI=1S/C10H6ClF6NO3/c1-2-20-8(19)4-3-18-7(21-10(15,16)17)5(6(4)11)9(12,13)14/h3H,2H2,1H3. The third-order valence-electron chi connectivity index (χ3n) is 1.97. The largest absolute Gasteiger partial charge is 0.574 e. The fraction of sp³-hybridized carbons (Fsp3) is 0.400. The predicted molar refractivity (Wildman–Crippen MR) is 56.9 cm³/mol. The fourth-order valence-electron chi connectivity index (χ4n) is 1.26. The molecule has 1 aromatic rings. The molecule has 0 bridgehead atoms. The van der Waals surface area contributed by atoms with Gasteiger partial charge in [0.05, 0.1) is 17.2 Å². The predicted octanol–water partition coefficient (Wildman–Crippen LogP) is 3.83. The molecule has 0 aliphatic rings. The number of hydrogen-bond acceptors (Lipinski definition) is 4. The zero-order valence-corrected chi connectivity index (χ0v) is 10.9. The van der Waals surface area contributed by atoms with Crippen LogP contribution in [0.2, 0.25) is 5.02 Å². The Morgan fingerprint density at radius 3 is 2.29 bits per heavy atom. The minimum Gasteiger partial charge on any atom is -0.462 e. The Bertz CT molecular complexity index is 543. The number of esters is 1. The summed E-state index contributed by atoms with van der Waals surface area (Å²) in [6.07, 6.45) is -10.3. The van der Waals surface area contributed by atoms with Crippen molar-refractivity contribution in [2.75, 3.05) is 6.61 Å². The third-order valence-corrected chi connectivity index (χ3v) is 2.36.